The van der Waals surface area contributed by atoms with E-state index in [4.69, 9.17) is 4.74 Å². The van der Waals surface area contributed by atoms with E-state index < -0.39 is 22.0 Å². The average Bonchev–Trinajstić information content (AvgIpc) is 3.04. The van der Waals surface area contributed by atoms with Gasteiger partial charge in [-0.25, -0.2) is 13.4 Å². The fourth-order valence-corrected chi connectivity index (χ4v) is 3.37. The number of carbonyl (C=O) groups is 1. The molecule has 0 unspecified atom stereocenters. The molecule has 0 aliphatic carbocycles. The number of hydrogen-bond donors (Lipinski definition) is 2. The van der Waals surface area contributed by atoms with Gasteiger partial charge in [0, 0.05) is 25.4 Å². The third-order valence-electron chi connectivity index (χ3n) is 3.43. The highest BCUT2D eigenvalue weighted by Crippen LogP contribution is 2.21. The van der Waals surface area contributed by atoms with E-state index in [1.165, 1.54) is 50.9 Å². The number of imidazole rings is 1. The molecule has 8 nitrogen and oxygen atoms in total. The fraction of sp³-hybridized carbons (Fsp3) is 0.286. The van der Waals surface area contributed by atoms with E-state index in [-0.39, 0.29) is 11.3 Å². The SMILES string of the molecule is COc1ccc(S(=O)(=O)N(C)[C@@H](Cc2cnc[nH]2)C(=O)O)cc1. The Morgan fingerprint density at radius 2 is 2.04 bits per heavy atom. The molecule has 0 aliphatic heterocycles. The molecule has 2 rings (SSSR count). The Kier molecular flexibility index (Phi) is 5.02. The third kappa shape index (κ3) is 3.69. The first-order valence-electron chi connectivity index (χ1n) is 6.68. The number of aromatic amines is 1. The summed E-state index contributed by atoms with van der Waals surface area (Å²) < 4.78 is 31.0. The van der Waals surface area contributed by atoms with Crippen molar-refractivity contribution in [1.82, 2.24) is 14.3 Å². The summed E-state index contributed by atoms with van der Waals surface area (Å²) in [5, 5.41) is 9.37. The molecule has 0 bridgehead atoms. The lowest BCUT2D eigenvalue weighted by Gasteiger charge is -2.24. The van der Waals surface area contributed by atoms with Crippen LogP contribution in [0.2, 0.25) is 0 Å². The monoisotopic (exact) mass is 339 g/mol. The van der Waals surface area contributed by atoms with Crippen LogP contribution in [0.3, 0.4) is 0 Å². The van der Waals surface area contributed by atoms with E-state index in [2.05, 4.69) is 9.97 Å². The maximum atomic E-state index is 12.6. The highest BCUT2D eigenvalue weighted by molar-refractivity contribution is 7.89. The van der Waals surface area contributed by atoms with E-state index in [0.29, 0.717) is 11.4 Å². The van der Waals surface area contributed by atoms with E-state index >= 15 is 0 Å². The van der Waals surface area contributed by atoms with Crippen LogP contribution in [0, 0.1) is 0 Å². The molecule has 2 aromatic rings. The Bertz CT molecular complexity index is 756. The molecule has 0 saturated heterocycles. The second-order valence-corrected chi connectivity index (χ2v) is 6.83. The number of ether oxygens (including phenoxy) is 1. The van der Waals surface area contributed by atoms with E-state index in [1.54, 1.807) is 0 Å². The molecule has 0 saturated carbocycles. The van der Waals surface area contributed by atoms with Crippen molar-refractivity contribution in [2.24, 2.45) is 0 Å². The smallest absolute Gasteiger partial charge is 0.322 e. The molecule has 23 heavy (non-hydrogen) atoms. The van der Waals surface area contributed by atoms with Gasteiger partial charge in [-0.1, -0.05) is 0 Å². The molecule has 1 atom stereocenters. The Hall–Kier alpha value is -2.39. The van der Waals surface area contributed by atoms with Crippen molar-refractivity contribution in [2.75, 3.05) is 14.2 Å². The van der Waals surface area contributed by atoms with E-state index in [9.17, 15) is 18.3 Å². The maximum Gasteiger partial charge on any atom is 0.322 e. The van der Waals surface area contributed by atoms with Crippen molar-refractivity contribution in [3.8, 4) is 5.75 Å². The summed E-state index contributed by atoms with van der Waals surface area (Å²) in [6, 6.07) is 4.51. The number of hydrogen-bond acceptors (Lipinski definition) is 5. The van der Waals surface area contributed by atoms with Crippen LogP contribution >= 0.6 is 0 Å². The lowest BCUT2D eigenvalue weighted by molar-refractivity contribution is -0.141. The van der Waals surface area contributed by atoms with Gasteiger partial charge in [0.15, 0.2) is 0 Å². The second kappa shape index (κ2) is 6.80. The zero-order chi connectivity index (χ0) is 17.0. The highest BCUT2D eigenvalue weighted by Gasteiger charge is 2.33. The Balaban J connectivity index is 2.29. The first-order valence-corrected chi connectivity index (χ1v) is 8.12. The first-order chi connectivity index (χ1) is 10.9. The Labute approximate surface area is 133 Å². The van der Waals surface area contributed by atoms with Crippen molar-refractivity contribution in [1.29, 1.82) is 0 Å². The van der Waals surface area contributed by atoms with Gasteiger partial charge < -0.3 is 14.8 Å². The molecule has 9 heteroatoms. The summed E-state index contributed by atoms with van der Waals surface area (Å²) in [6.45, 7) is 0. The van der Waals surface area contributed by atoms with Gasteiger partial charge in [0.1, 0.15) is 11.8 Å². The van der Waals surface area contributed by atoms with Crippen molar-refractivity contribution >= 4 is 16.0 Å². The van der Waals surface area contributed by atoms with E-state index in [1.807, 2.05) is 0 Å². The Morgan fingerprint density at radius 3 is 2.52 bits per heavy atom. The molecule has 0 amide bonds. The number of likely N-dealkylation sites (N-methyl/N-ethyl adjacent to an activating group) is 1. The van der Waals surface area contributed by atoms with Gasteiger partial charge in [-0.3, -0.25) is 4.79 Å². The summed E-state index contributed by atoms with van der Waals surface area (Å²) in [4.78, 5) is 18.1. The molecular formula is C14H17N3O5S. The van der Waals surface area contributed by atoms with Crippen LogP contribution in [0.5, 0.6) is 5.75 Å². The summed E-state index contributed by atoms with van der Waals surface area (Å²) in [5.41, 5.74) is 0.536. The molecule has 1 aromatic heterocycles. The van der Waals surface area contributed by atoms with Gasteiger partial charge in [-0.15, -0.1) is 0 Å². The predicted octanol–water partition coefficient (Wildman–Crippen LogP) is 0.735. The number of carboxylic acids is 1. The number of aliphatic carboxylic acids is 1. The molecule has 1 heterocycles. The number of rotatable bonds is 7. The quantitative estimate of drug-likeness (QED) is 0.769. The summed E-state index contributed by atoms with van der Waals surface area (Å²) >= 11 is 0. The largest absolute Gasteiger partial charge is 0.497 e. The molecular weight excluding hydrogens is 322 g/mol. The van der Waals surface area contributed by atoms with Gasteiger partial charge in [0.2, 0.25) is 10.0 Å². The standard InChI is InChI=1S/C14H17N3O5S/c1-17(13(14(18)19)7-10-8-15-9-16-10)23(20,21)12-5-3-11(22-2)4-6-12/h3-6,8-9,13H,7H2,1-2H3,(H,15,16)(H,18,19)/t13-/m0/s1. The average molecular weight is 339 g/mol. The minimum Gasteiger partial charge on any atom is -0.497 e. The number of H-pyrrole nitrogens is 1. The zero-order valence-corrected chi connectivity index (χ0v) is 13.4. The van der Waals surface area contributed by atoms with Gasteiger partial charge in [0.25, 0.3) is 0 Å². The number of nitrogens with one attached hydrogen (secondary N) is 1. The van der Waals surface area contributed by atoms with E-state index in [0.717, 1.165) is 4.31 Å². The van der Waals surface area contributed by atoms with Crippen LogP contribution in [0.25, 0.3) is 0 Å². The second-order valence-electron chi connectivity index (χ2n) is 4.83. The molecule has 0 spiro atoms. The Morgan fingerprint density at radius 1 is 1.39 bits per heavy atom. The van der Waals surface area contributed by atoms with Crippen LogP contribution in [0.1, 0.15) is 5.69 Å². The molecule has 0 aliphatic rings. The van der Waals surface area contributed by atoms with Crippen molar-refractivity contribution < 1.29 is 23.1 Å². The summed E-state index contributed by atoms with van der Waals surface area (Å²) in [5.74, 6) is -0.724. The van der Waals surface area contributed by atoms with Crippen molar-refractivity contribution in [3.63, 3.8) is 0 Å². The maximum absolute atomic E-state index is 12.6. The van der Waals surface area contributed by atoms with Crippen LogP contribution in [-0.2, 0) is 21.2 Å². The molecule has 1 aromatic carbocycles. The van der Waals surface area contributed by atoms with Gasteiger partial charge >= 0.3 is 5.97 Å². The zero-order valence-electron chi connectivity index (χ0n) is 12.6. The van der Waals surface area contributed by atoms with Crippen LogP contribution in [0.15, 0.2) is 41.7 Å². The minimum atomic E-state index is -3.95. The molecule has 2 N–H and O–H groups in total. The number of carboxylic acid groups (broad SMARTS) is 1. The number of aromatic nitrogens is 2. The van der Waals surface area contributed by atoms with Crippen molar-refractivity contribution in [3.05, 3.63) is 42.5 Å². The fourth-order valence-electron chi connectivity index (χ4n) is 2.06. The summed E-state index contributed by atoms with van der Waals surface area (Å²) in [6.07, 6.45) is 2.86. The minimum absolute atomic E-state index is 0.00309. The topological polar surface area (TPSA) is 113 Å². The summed E-state index contributed by atoms with van der Waals surface area (Å²) in [7, 11) is -1.23. The van der Waals surface area contributed by atoms with Gasteiger partial charge in [0.05, 0.1) is 18.3 Å². The molecule has 0 radical (unpaired) electrons. The van der Waals surface area contributed by atoms with Crippen molar-refractivity contribution in [2.45, 2.75) is 17.4 Å². The number of benzene rings is 1. The lowest BCUT2D eigenvalue weighted by Crippen LogP contribution is -2.43. The normalized spacial score (nSPS) is 13.0. The van der Waals surface area contributed by atoms with Gasteiger partial charge in [-0.2, -0.15) is 4.31 Å². The molecule has 124 valence electrons. The predicted molar refractivity (Wildman–Crippen MR) is 81.7 cm³/mol. The number of nitrogens with zero attached hydrogens (tertiary/aromatic N) is 2. The number of methoxy groups -OCH3 is 1. The highest BCUT2D eigenvalue weighted by atomic mass is 32.2. The number of sulfonamides is 1. The van der Waals surface area contributed by atoms with Crippen LogP contribution in [-0.4, -0.2) is 54.0 Å². The van der Waals surface area contributed by atoms with Crippen LogP contribution < -0.4 is 4.74 Å². The third-order valence-corrected chi connectivity index (χ3v) is 5.31. The first kappa shape index (κ1) is 17.0. The van der Waals surface area contributed by atoms with Crippen LogP contribution in [0.4, 0.5) is 0 Å². The lowest BCUT2D eigenvalue weighted by atomic mass is 10.2. The van der Waals surface area contributed by atoms with Gasteiger partial charge in [-0.05, 0) is 24.3 Å². The molecule has 0 fully saturated rings.